The second kappa shape index (κ2) is 6.66. The van der Waals surface area contributed by atoms with Gasteiger partial charge in [0, 0.05) is 24.2 Å². The predicted molar refractivity (Wildman–Crippen MR) is 106 cm³/mol. The lowest BCUT2D eigenvalue weighted by atomic mass is 9.98. The highest BCUT2D eigenvalue weighted by atomic mass is 15.1. The molecule has 0 aliphatic heterocycles. The Morgan fingerprint density at radius 2 is 1.68 bits per heavy atom. The number of aromatic nitrogens is 1. The van der Waals surface area contributed by atoms with Crippen molar-refractivity contribution in [2.45, 2.75) is 19.5 Å². The fourth-order valence-electron chi connectivity index (χ4n) is 3.50. The maximum atomic E-state index is 4.40. The maximum absolute atomic E-state index is 4.40. The van der Waals surface area contributed by atoms with Crippen LogP contribution in [0.15, 0.2) is 79.0 Å². The molecule has 3 aromatic carbocycles. The van der Waals surface area contributed by atoms with E-state index in [0.717, 1.165) is 12.1 Å². The number of hydrogen-bond acceptors (Lipinski definition) is 2. The number of hydrogen-bond donors (Lipinski definition) is 0. The van der Waals surface area contributed by atoms with E-state index in [9.17, 15) is 0 Å². The minimum atomic E-state index is 0.343. The van der Waals surface area contributed by atoms with E-state index in [2.05, 4.69) is 90.6 Å². The molecule has 0 bridgehead atoms. The van der Waals surface area contributed by atoms with E-state index < -0.39 is 0 Å². The van der Waals surface area contributed by atoms with Crippen LogP contribution in [0.25, 0.3) is 21.7 Å². The number of benzene rings is 3. The lowest BCUT2D eigenvalue weighted by Crippen LogP contribution is -2.22. The Kier molecular flexibility index (Phi) is 4.21. The molecule has 4 aromatic rings. The fraction of sp³-hybridized carbons (Fsp3) is 0.174. The van der Waals surface area contributed by atoms with Crippen LogP contribution in [0.1, 0.15) is 24.1 Å². The Hall–Kier alpha value is -2.71. The molecule has 0 radical (unpaired) electrons. The fourth-order valence-corrected chi connectivity index (χ4v) is 3.50. The first-order chi connectivity index (χ1) is 12.2. The molecule has 1 heterocycles. The highest BCUT2D eigenvalue weighted by Gasteiger charge is 2.14. The Morgan fingerprint density at radius 3 is 2.60 bits per heavy atom. The summed E-state index contributed by atoms with van der Waals surface area (Å²) in [5, 5.41) is 3.84. The van der Waals surface area contributed by atoms with Gasteiger partial charge in [-0.15, -0.1) is 0 Å². The molecule has 0 aliphatic carbocycles. The summed E-state index contributed by atoms with van der Waals surface area (Å²) in [7, 11) is 2.19. The molecule has 124 valence electrons. The summed E-state index contributed by atoms with van der Waals surface area (Å²) in [6.45, 7) is 3.19. The third-order valence-corrected chi connectivity index (χ3v) is 5.03. The predicted octanol–water partition coefficient (Wildman–Crippen LogP) is 5.58. The summed E-state index contributed by atoms with van der Waals surface area (Å²) in [5.74, 6) is 0. The second-order valence-corrected chi connectivity index (χ2v) is 6.69. The summed E-state index contributed by atoms with van der Waals surface area (Å²) in [6, 6.07) is 26.2. The Labute approximate surface area is 148 Å². The van der Waals surface area contributed by atoms with Crippen molar-refractivity contribution >= 4 is 21.7 Å². The molecule has 1 aromatic heterocycles. The second-order valence-electron chi connectivity index (χ2n) is 6.69. The van der Waals surface area contributed by atoms with Crippen LogP contribution in [0.4, 0.5) is 0 Å². The number of nitrogens with zero attached hydrogens (tertiary/aromatic N) is 2. The van der Waals surface area contributed by atoms with Crippen molar-refractivity contribution in [2.24, 2.45) is 0 Å². The number of fused-ring (bicyclic) bond motifs is 2. The molecule has 25 heavy (non-hydrogen) atoms. The molecular formula is C23H22N2. The van der Waals surface area contributed by atoms with Crippen molar-refractivity contribution < 1.29 is 0 Å². The smallest absolute Gasteiger partial charge is 0.0702 e. The van der Waals surface area contributed by atoms with Crippen molar-refractivity contribution in [1.29, 1.82) is 0 Å². The number of pyridine rings is 1. The maximum Gasteiger partial charge on any atom is 0.0702 e. The zero-order valence-electron chi connectivity index (χ0n) is 14.7. The first-order valence-corrected chi connectivity index (χ1v) is 8.74. The average Bonchev–Trinajstić information content (AvgIpc) is 2.67. The standard InChI is InChI=1S/C23H22N2/c1-17(21-11-5-8-19-7-3-4-10-22(19)21)25(2)16-18-12-13-23-20(15-18)9-6-14-24-23/h3-15,17H,16H2,1-2H3/t17-/m1/s1. The number of rotatable bonds is 4. The van der Waals surface area contributed by atoms with E-state index in [1.165, 1.54) is 27.3 Å². The van der Waals surface area contributed by atoms with Crippen molar-refractivity contribution in [3.63, 3.8) is 0 Å². The third kappa shape index (κ3) is 3.13. The van der Waals surface area contributed by atoms with E-state index in [1.807, 2.05) is 12.3 Å². The zero-order chi connectivity index (χ0) is 17.2. The van der Waals surface area contributed by atoms with Crippen molar-refractivity contribution in [1.82, 2.24) is 9.88 Å². The molecule has 4 rings (SSSR count). The van der Waals surface area contributed by atoms with Gasteiger partial charge >= 0.3 is 0 Å². The molecule has 0 aliphatic rings. The van der Waals surface area contributed by atoms with Gasteiger partial charge in [-0.3, -0.25) is 9.88 Å². The quantitative estimate of drug-likeness (QED) is 0.486. The first kappa shape index (κ1) is 15.8. The minimum absolute atomic E-state index is 0.343. The van der Waals surface area contributed by atoms with E-state index in [0.29, 0.717) is 6.04 Å². The average molecular weight is 326 g/mol. The van der Waals surface area contributed by atoms with Gasteiger partial charge in [-0.25, -0.2) is 0 Å². The van der Waals surface area contributed by atoms with Gasteiger partial charge in [0.25, 0.3) is 0 Å². The minimum Gasteiger partial charge on any atom is -0.295 e. The van der Waals surface area contributed by atoms with Gasteiger partial charge in [0.15, 0.2) is 0 Å². The largest absolute Gasteiger partial charge is 0.295 e. The van der Waals surface area contributed by atoms with Crippen molar-refractivity contribution in [2.75, 3.05) is 7.05 Å². The van der Waals surface area contributed by atoms with Crippen LogP contribution in [-0.4, -0.2) is 16.9 Å². The van der Waals surface area contributed by atoms with Gasteiger partial charge in [-0.1, -0.05) is 54.6 Å². The van der Waals surface area contributed by atoms with Gasteiger partial charge in [0.1, 0.15) is 0 Å². The van der Waals surface area contributed by atoms with Crippen LogP contribution in [0.5, 0.6) is 0 Å². The third-order valence-electron chi connectivity index (χ3n) is 5.03. The van der Waals surface area contributed by atoms with E-state index in [1.54, 1.807) is 0 Å². The van der Waals surface area contributed by atoms with E-state index >= 15 is 0 Å². The molecule has 0 saturated heterocycles. The normalized spacial score (nSPS) is 12.8. The first-order valence-electron chi connectivity index (χ1n) is 8.74. The van der Waals surface area contributed by atoms with Crippen LogP contribution in [0, 0.1) is 0 Å². The summed E-state index contributed by atoms with van der Waals surface area (Å²) in [4.78, 5) is 6.81. The lowest BCUT2D eigenvalue weighted by Gasteiger charge is -2.26. The van der Waals surface area contributed by atoms with Crippen molar-refractivity contribution in [3.05, 3.63) is 90.1 Å². The summed E-state index contributed by atoms with van der Waals surface area (Å²) >= 11 is 0. The SMILES string of the molecule is C[C@H](c1cccc2ccccc12)N(C)Cc1ccc2ncccc2c1. The Balaban J connectivity index is 1.61. The molecule has 0 N–H and O–H groups in total. The Morgan fingerprint density at radius 1 is 0.880 bits per heavy atom. The van der Waals surface area contributed by atoms with Gasteiger partial charge in [-0.2, -0.15) is 0 Å². The van der Waals surface area contributed by atoms with Crippen LogP contribution in [0.3, 0.4) is 0 Å². The Bertz CT molecular complexity index is 1020. The van der Waals surface area contributed by atoms with Crippen molar-refractivity contribution in [3.8, 4) is 0 Å². The van der Waals surface area contributed by atoms with Crippen LogP contribution in [-0.2, 0) is 6.54 Å². The molecular weight excluding hydrogens is 304 g/mol. The molecule has 0 fully saturated rings. The molecule has 1 atom stereocenters. The summed E-state index contributed by atoms with van der Waals surface area (Å²) in [6.07, 6.45) is 1.84. The molecule has 0 saturated carbocycles. The van der Waals surface area contributed by atoms with Gasteiger partial charge in [0.2, 0.25) is 0 Å². The summed E-state index contributed by atoms with van der Waals surface area (Å²) in [5.41, 5.74) is 3.74. The lowest BCUT2D eigenvalue weighted by molar-refractivity contribution is 0.254. The van der Waals surface area contributed by atoms with Crippen LogP contribution < -0.4 is 0 Å². The highest BCUT2D eigenvalue weighted by Crippen LogP contribution is 2.28. The van der Waals surface area contributed by atoms with Gasteiger partial charge in [-0.05, 0) is 54.1 Å². The zero-order valence-corrected chi connectivity index (χ0v) is 14.7. The van der Waals surface area contributed by atoms with E-state index in [4.69, 9.17) is 0 Å². The monoisotopic (exact) mass is 326 g/mol. The molecule has 0 unspecified atom stereocenters. The molecule has 0 spiro atoms. The van der Waals surface area contributed by atoms with Crippen LogP contribution >= 0.6 is 0 Å². The van der Waals surface area contributed by atoms with E-state index in [-0.39, 0.29) is 0 Å². The van der Waals surface area contributed by atoms with Crippen LogP contribution in [0.2, 0.25) is 0 Å². The molecule has 0 amide bonds. The molecule has 2 heteroatoms. The summed E-state index contributed by atoms with van der Waals surface area (Å²) < 4.78 is 0. The highest BCUT2D eigenvalue weighted by molar-refractivity contribution is 5.86. The topological polar surface area (TPSA) is 16.1 Å². The molecule has 2 nitrogen and oxygen atoms in total. The van der Waals surface area contributed by atoms with Gasteiger partial charge < -0.3 is 0 Å². The van der Waals surface area contributed by atoms with Gasteiger partial charge in [0.05, 0.1) is 5.52 Å².